The lowest BCUT2D eigenvalue weighted by atomic mass is 10.0. The molecular weight excluding hydrogens is 390 g/mol. The van der Waals surface area contributed by atoms with Crippen LogP contribution in [-0.4, -0.2) is 84.6 Å². The molecule has 6 nitrogen and oxygen atoms in total. The topological polar surface area (TPSA) is 59.4 Å². The van der Waals surface area contributed by atoms with Crippen LogP contribution < -0.4 is 9.64 Å². The van der Waals surface area contributed by atoms with E-state index in [2.05, 4.69) is 57.2 Å². The van der Waals surface area contributed by atoms with Gasteiger partial charge in [0.05, 0.1) is 12.2 Å². The van der Waals surface area contributed by atoms with Gasteiger partial charge in [0.2, 0.25) is 0 Å². The van der Waals surface area contributed by atoms with E-state index in [0.29, 0.717) is 13.0 Å². The maximum Gasteiger partial charge on any atom is 0.119 e. The van der Waals surface area contributed by atoms with Crippen LogP contribution >= 0.6 is 0 Å². The van der Waals surface area contributed by atoms with Crippen LogP contribution in [0.4, 0.5) is 5.69 Å². The molecule has 0 unspecified atom stereocenters. The first-order chi connectivity index (χ1) is 15.1. The predicted molar refractivity (Wildman–Crippen MR) is 124 cm³/mol. The number of para-hydroxylation sites is 1. The summed E-state index contributed by atoms with van der Waals surface area (Å²) in [6, 6.07) is 18.7. The lowest BCUT2D eigenvalue weighted by Crippen LogP contribution is -2.52. The molecule has 0 aromatic heterocycles. The number of aliphatic hydroxyl groups is 2. The fraction of sp³-hybridized carbons (Fsp3) is 0.520. The summed E-state index contributed by atoms with van der Waals surface area (Å²) in [7, 11) is 0. The molecule has 6 heteroatoms. The molecule has 0 saturated carbocycles. The summed E-state index contributed by atoms with van der Waals surface area (Å²) in [6.07, 6.45) is 1.48. The van der Waals surface area contributed by atoms with E-state index in [4.69, 9.17) is 9.84 Å². The average molecular weight is 426 g/mol. The Labute approximate surface area is 185 Å². The summed E-state index contributed by atoms with van der Waals surface area (Å²) in [6.45, 7) is 7.95. The fourth-order valence-corrected chi connectivity index (χ4v) is 4.63. The van der Waals surface area contributed by atoms with Gasteiger partial charge in [-0.05, 0) is 36.2 Å². The van der Waals surface area contributed by atoms with E-state index in [1.807, 2.05) is 12.1 Å². The molecule has 0 spiro atoms. The summed E-state index contributed by atoms with van der Waals surface area (Å²) in [5.41, 5.74) is 1.90. The van der Waals surface area contributed by atoms with Crippen molar-refractivity contribution in [3.05, 3.63) is 60.2 Å². The Hall–Kier alpha value is -2.12. The normalized spacial score (nSPS) is 22.7. The van der Waals surface area contributed by atoms with Crippen LogP contribution in [0, 0.1) is 0 Å². The number of aliphatic hydroxyl groups excluding tert-OH is 1. The first-order valence-corrected chi connectivity index (χ1v) is 11.4. The van der Waals surface area contributed by atoms with Gasteiger partial charge in [-0.2, -0.15) is 0 Å². The summed E-state index contributed by atoms with van der Waals surface area (Å²) in [5, 5.41) is 20.0. The molecule has 31 heavy (non-hydrogen) atoms. The summed E-state index contributed by atoms with van der Waals surface area (Å²) >= 11 is 0. The number of piperazine rings is 1. The van der Waals surface area contributed by atoms with Gasteiger partial charge in [0, 0.05) is 71.1 Å². The molecule has 2 aliphatic rings. The van der Waals surface area contributed by atoms with E-state index in [1.165, 1.54) is 11.3 Å². The fourth-order valence-electron chi connectivity index (χ4n) is 4.63. The number of rotatable bonds is 9. The van der Waals surface area contributed by atoms with Crippen LogP contribution in [0.1, 0.15) is 18.4 Å². The Morgan fingerprint density at radius 3 is 2.32 bits per heavy atom. The second-order valence-corrected chi connectivity index (χ2v) is 8.85. The second-order valence-electron chi connectivity index (χ2n) is 8.85. The number of ether oxygens (including phenoxy) is 1. The Bertz CT molecular complexity index is 793. The van der Waals surface area contributed by atoms with Crippen LogP contribution in [-0.2, 0) is 6.54 Å². The molecule has 168 valence electrons. The number of anilines is 1. The lowest BCUT2D eigenvalue weighted by molar-refractivity contribution is 0.00978. The van der Waals surface area contributed by atoms with E-state index in [-0.39, 0.29) is 6.61 Å². The summed E-state index contributed by atoms with van der Waals surface area (Å²) in [4.78, 5) is 7.20. The van der Waals surface area contributed by atoms with Crippen molar-refractivity contribution in [3.63, 3.8) is 0 Å². The van der Waals surface area contributed by atoms with Crippen molar-refractivity contribution >= 4 is 5.69 Å². The zero-order valence-electron chi connectivity index (χ0n) is 18.3. The highest BCUT2D eigenvalue weighted by Crippen LogP contribution is 2.26. The number of benzene rings is 2. The van der Waals surface area contributed by atoms with Crippen LogP contribution in [0.3, 0.4) is 0 Å². The highest BCUT2D eigenvalue weighted by Gasteiger charge is 2.38. The van der Waals surface area contributed by atoms with Crippen molar-refractivity contribution in [3.8, 4) is 5.75 Å². The van der Waals surface area contributed by atoms with Crippen LogP contribution in [0.2, 0.25) is 0 Å². The van der Waals surface area contributed by atoms with Crippen LogP contribution in [0.25, 0.3) is 0 Å². The molecular formula is C25H35N3O3. The first-order valence-electron chi connectivity index (χ1n) is 11.4. The van der Waals surface area contributed by atoms with Crippen LogP contribution in [0.15, 0.2) is 54.6 Å². The highest BCUT2D eigenvalue weighted by molar-refractivity contribution is 5.46. The molecule has 2 heterocycles. The molecule has 2 aromatic carbocycles. The van der Waals surface area contributed by atoms with Gasteiger partial charge in [-0.15, -0.1) is 0 Å². The van der Waals surface area contributed by atoms with E-state index in [0.717, 1.165) is 64.5 Å². The maximum atomic E-state index is 11.2. The number of likely N-dealkylation sites (tertiary alicyclic amines) is 1. The van der Waals surface area contributed by atoms with E-state index in [1.54, 1.807) is 0 Å². The summed E-state index contributed by atoms with van der Waals surface area (Å²) in [5.74, 6) is 0.838. The minimum absolute atomic E-state index is 0.151. The molecule has 2 saturated heterocycles. The molecule has 4 rings (SSSR count). The third-order valence-corrected chi connectivity index (χ3v) is 6.32. The van der Waals surface area contributed by atoms with Crippen molar-refractivity contribution in [2.45, 2.75) is 25.0 Å². The van der Waals surface area contributed by atoms with Crippen LogP contribution in [0.5, 0.6) is 5.75 Å². The molecule has 0 bridgehead atoms. The van der Waals surface area contributed by atoms with Gasteiger partial charge in [0.25, 0.3) is 0 Å². The molecule has 2 aromatic rings. The molecule has 0 amide bonds. The Kier molecular flexibility index (Phi) is 7.45. The third-order valence-electron chi connectivity index (χ3n) is 6.32. The number of nitrogens with zero attached hydrogens (tertiary/aromatic N) is 3. The van der Waals surface area contributed by atoms with Crippen molar-refractivity contribution < 1.29 is 14.9 Å². The van der Waals surface area contributed by atoms with E-state index >= 15 is 0 Å². The van der Waals surface area contributed by atoms with Gasteiger partial charge in [-0.3, -0.25) is 9.80 Å². The van der Waals surface area contributed by atoms with Crippen molar-refractivity contribution in [2.75, 3.05) is 63.9 Å². The van der Waals surface area contributed by atoms with Crippen molar-refractivity contribution in [1.82, 2.24) is 9.80 Å². The van der Waals surface area contributed by atoms with Crippen molar-refractivity contribution in [2.24, 2.45) is 0 Å². The SMILES string of the molecule is OCCCOc1ccc(CN2CC[C@@](O)(CN3CCN(c4ccccc4)CC3)C2)cc1. The Balaban J connectivity index is 1.22. The molecule has 0 radical (unpaired) electrons. The highest BCUT2D eigenvalue weighted by atomic mass is 16.5. The average Bonchev–Trinajstić information content (AvgIpc) is 3.16. The minimum Gasteiger partial charge on any atom is -0.494 e. The lowest BCUT2D eigenvalue weighted by Gasteiger charge is -2.39. The number of β-amino-alcohol motifs (C(OH)–C–C–N with tert-alkyl or cyclic N) is 1. The number of hydrogen-bond acceptors (Lipinski definition) is 6. The van der Waals surface area contributed by atoms with Gasteiger partial charge in [-0.1, -0.05) is 30.3 Å². The molecule has 0 aliphatic carbocycles. The first kappa shape index (κ1) is 22.1. The maximum absolute atomic E-state index is 11.2. The quantitative estimate of drug-likeness (QED) is 0.601. The smallest absolute Gasteiger partial charge is 0.119 e. The monoisotopic (exact) mass is 425 g/mol. The van der Waals surface area contributed by atoms with E-state index < -0.39 is 5.60 Å². The second kappa shape index (κ2) is 10.5. The molecule has 2 fully saturated rings. The molecule has 2 N–H and O–H groups in total. The zero-order valence-corrected chi connectivity index (χ0v) is 18.3. The Morgan fingerprint density at radius 1 is 0.871 bits per heavy atom. The minimum atomic E-state index is -0.623. The molecule has 1 atom stereocenters. The van der Waals surface area contributed by atoms with Gasteiger partial charge in [-0.25, -0.2) is 0 Å². The predicted octanol–water partition coefficient (Wildman–Crippen LogP) is 2.21. The van der Waals surface area contributed by atoms with Gasteiger partial charge >= 0.3 is 0 Å². The molecule has 2 aliphatic heterocycles. The Morgan fingerprint density at radius 2 is 1.61 bits per heavy atom. The number of hydrogen-bond donors (Lipinski definition) is 2. The van der Waals surface area contributed by atoms with Gasteiger partial charge in [0.1, 0.15) is 5.75 Å². The van der Waals surface area contributed by atoms with Gasteiger partial charge in [0.15, 0.2) is 0 Å². The van der Waals surface area contributed by atoms with Crippen molar-refractivity contribution in [1.29, 1.82) is 0 Å². The van der Waals surface area contributed by atoms with E-state index in [9.17, 15) is 5.11 Å². The van der Waals surface area contributed by atoms with Gasteiger partial charge < -0.3 is 19.8 Å². The summed E-state index contributed by atoms with van der Waals surface area (Å²) < 4.78 is 5.60. The standard InChI is InChI=1S/C25H35N3O3/c29-17-4-18-31-24-9-7-22(8-10-24)19-27-12-11-25(30,21-27)20-26-13-15-28(16-14-26)23-5-2-1-3-6-23/h1-3,5-10,29-30H,4,11-21H2/t25-/m1/s1. The third kappa shape index (κ3) is 6.20. The largest absolute Gasteiger partial charge is 0.494 e. The zero-order chi connectivity index (χ0) is 21.5.